The average Bonchev–Trinajstić information content (AvgIpc) is 2.58. The molecule has 3 rings (SSSR count). The lowest BCUT2D eigenvalue weighted by molar-refractivity contribution is 0.0949. The van der Waals surface area contributed by atoms with E-state index in [4.69, 9.17) is 11.6 Å². The van der Waals surface area contributed by atoms with E-state index in [-0.39, 0.29) is 22.6 Å². The van der Waals surface area contributed by atoms with E-state index in [1.54, 1.807) is 6.07 Å². The van der Waals surface area contributed by atoms with Gasteiger partial charge in [0.25, 0.3) is 5.91 Å². The van der Waals surface area contributed by atoms with E-state index < -0.39 is 0 Å². The van der Waals surface area contributed by atoms with Crippen LogP contribution in [0.25, 0.3) is 10.9 Å². The maximum absolute atomic E-state index is 12.6. The lowest BCUT2D eigenvalue weighted by Gasteiger charge is -2.15. The molecular formula is C19H17ClN2O2S. The largest absolute Gasteiger partial charge is 0.505 e. The number of pyridine rings is 1. The second-order valence-corrected chi connectivity index (χ2v) is 7.47. The number of aryl methyl sites for hydroxylation is 1. The summed E-state index contributed by atoms with van der Waals surface area (Å²) in [5.41, 5.74) is 1.20. The third-order valence-corrected chi connectivity index (χ3v) is 5.01. The molecule has 1 heterocycles. The van der Waals surface area contributed by atoms with Crippen LogP contribution < -0.4 is 5.32 Å². The molecule has 1 amide bonds. The Kier molecular flexibility index (Phi) is 5.16. The van der Waals surface area contributed by atoms with Crippen molar-refractivity contribution in [3.05, 3.63) is 64.8 Å². The molecule has 0 aliphatic carbocycles. The number of thioether (sulfide) groups is 1. The fourth-order valence-electron chi connectivity index (χ4n) is 2.50. The van der Waals surface area contributed by atoms with E-state index in [0.717, 1.165) is 10.6 Å². The summed E-state index contributed by atoms with van der Waals surface area (Å²) in [6.07, 6.45) is 0. The molecule has 1 atom stereocenters. The smallest absolute Gasteiger partial charge is 0.256 e. The van der Waals surface area contributed by atoms with Gasteiger partial charge in [0.05, 0.1) is 16.0 Å². The molecule has 25 heavy (non-hydrogen) atoms. The number of nitrogens with zero attached hydrogens (tertiary/aromatic N) is 1. The second-order valence-electron chi connectivity index (χ2n) is 5.65. The highest BCUT2D eigenvalue weighted by molar-refractivity contribution is 7.99. The number of hydrogen-bond donors (Lipinski definition) is 2. The van der Waals surface area contributed by atoms with Crippen molar-refractivity contribution >= 4 is 40.2 Å². The van der Waals surface area contributed by atoms with E-state index in [9.17, 15) is 9.90 Å². The van der Waals surface area contributed by atoms with Crippen LogP contribution in [-0.2, 0) is 0 Å². The number of aromatic nitrogens is 1. The molecule has 3 aromatic rings. The first kappa shape index (κ1) is 17.6. The van der Waals surface area contributed by atoms with E-state index >= 15 is 0 Å². The molecule has 0 saturated heterocycles. The summed E-state index contributed by atoms with van der Waals surface area (Å²) in [4.78, 5) is 17.9. The van der Waals surface area contributed by atoms with Crippen molar-refractivity contribution in [2.45, 2.75) is 24.1 Å². The highest BCUT2D eigenvalue weighted by atomic mass is 35.5. The molecule has 0 saturated carbocycles. The highest BCUT2D eigenvalue weighted by Gasteiger charge is 2.19. The number of hydrogen-bond acceptors (Lipinski definition) is 4. The number of phenols is 1. The van der Waals surface area contributed by atoms with Crippen molar-refractivity contribution in [3.63, 3.8) is 0 Å². The summed E-state index contributed by atoms with van der Waals surface area (Å²) in [5, 5.41) is 14.2. The Morgan fingerprint density at radius 2 is 1.96 bits per heavy atom. The molecule has 0 fully saturated rings. The third-order valence-electron chi connectivity index (χ3n) is 3.68. The van der Waals surface area contributed by atoms with Crippen LogP contribution in [0.15, 0.2) is 53.4 Å². The number of aromatic hydroxyl groups is 1. The molecule has 2 aromatic carbocycles. The van der Waals surface area contributed by atoms with Gasteiger partial charge in [-0.3, -0.25) is 4.79 Å². The second kappa shape index (κ2) is 7.33. The highest BCUT2D eigenvalue weighted by Crippen LogP contribution is 2.33. The first-order valence-electron chi connectivity index (χ1n) is 7.77. The Morgan fingerprint density at radius 3 is 2.68 bits per heavy atom. The van der Waals surface area contributed by atoms with E-state index in [2.05, 4.69) is 10.3 Å². The van der Waals surface area contributed by atoms with Gasteiger partial charge in [0.2, 0.25) is 0 Å². The van der Waals surface area contributed by atoms with Crippen LogP contribution in [-0.4, -0.2) is 21.4 Å². The Balaban J connectivity index is 1.85. The first-order chi connectivity index (χ1) is 12.0. The van der Waals surface area contributed by atoms with Crippen molar-refractivity contribution in [1.29, 1.82) is 0 Å². The molecule has 0 spiro atoms. The molecule has 128 valence electrons. The molecule has 6 heteroatoms. The number of benzene rings is 2. The lowest BCUT2D eigenvalue weighted by Crippen LogP contribution is -2.30. The Bertz CT molecular complexity index is 932. The summed E-state index contributed by atoms with van der Waals surface area (Å²) in [6.45, 7) is 3.70. The normalized spacial score (nSPS) is 12.1. The molecule has 4 nitrogen and oxygen atoms in total. The minimum absolute atomic E-state index is 0.121. The van der Waals surface area contributed by atoms with Gasteiger partial charge in [-0.2, -0.15) is 0 Å². The zero-order valence-electron chi connectivity index (χ0n) is 13.8. The van der Waals surface area contributed by atoms with Crippen molar-refractivity contribution in [2.75, 3.05) is 0 Å². The van der Waals surface area contributed by atoms with Gasteiger partial charge in [-0.05, 0) is 44.2 Å². The molecule has 0 aliphatic heterocycles. The Labute approximate surface area is 155 Å². The van der Waals surface area contributed by atoms with Crippen LogP contribution in [0.3, 0.4) is 0 Å². The molecule has 2 N–H and O–H groups in total. The molecule has 0 bridgehead atoms. The summed E-state index contributed by atoms with van der Waals surface area (Å²) in [5.74, 6) is -0.543. The maximum atomic E-state index is 12.6. The summed E-state index contributed by atoms with van der Waals surface area (Å²) in [7, 11) is 0. The Hall–Kier alpha value is -2.24. The molecule has 0 radical (unpaired) electrons. The zero-order chi connectivity index (χ0) is 18.0. The number of carbonyl (C=O) groups is 1. The SMILES string of the molecule is Cc1ccc2c(Cl)cc(C(=O)NC(C)Sc3ccccc3)c(O)c2n1. The van der Waals surface area contributed by atoms with Gasteiger partial charge in [0, 0.05) is 16.0 Å². The molecular weight excluding hydrogens is 356 g/mol. The number of rotatable bonds is 4. The van der Waals surface area contributed by atoms with Crippen LogP contribution in [0, 0.1) is 6.92 Å². The number of amides is 1. The molecule has 1 aromatic heterocycles. The first-order valence-corrected chi connectivity index (χ1v) is 9.03. The Morgan fingerprint density at radius 1 is 1.24 bits per heavy atom. The van der Waals surface area contributed by atoms with Gasteiger partial charge in [-0.15, -0.1) is 11.8 Å². The van der Waals surface area contributed by atoms with Gasteiger partial charge in [0.1, 0.15) is 5.52 Å². The van der Waals surface area contributed by atoms with Crippen LogP contribution in [0.5, 0.6) is 5.75 Å². The number of fused-ring (bicyclic) bond motifs is 1. The van der Waals surface area contributed by atoms with Gasteiger partial charge in [-0.25, -0.2) is 4.98 Å². The van der Waals surface area contributed by atoms with Crippen LogP contribution in [0.2, 0.25) is 5.02 Å². The third kappa shape index (κ3) is 3.89. The van der Waals surface area contributed by atoms with Crippen LogP contribution in [0.1, 0.15) is 23.0 Å². The number of halogens is 1. The van der Waals surface area contributed by atoms with Crippen molar-refractivity contribution in [3.8, 4) is 5.75 Å². The summed E-state index contributed by atoms with van der Waals surface area (Å²) in [6, 6.07) is 14.9. The lowest BCUT2D eigenvalue weighted by atomic mass is 10.1. The van der Waals surface area contributed by atoms with E-state index in [1.165, 1.54) is 17.8 Å². The summed E-state index contributed by atoms with van der Waals surface area (Å²) >= 11 is 7.78. The maximum Gasteiger partial charge on any atom is 0.256 e. The number of carbonyl (C=O) groups excluding carboxylic acids is 1. The summed E-state index contributed by atoms with van der Waals surface area (Å²) < 4.78 is 0. The fourth-order valence-corrected chi connectivity index (χ4v) is 3.65. The number of nitrogens with one attached hydrogen (secondary N) is 1. The minimum Gasteiger partial charge on any atom is -0.505 e. The fraction of sp³-hybridized carbons (Fsp3) is 0.158. The van der Waals surface area contributed by atoms with Gasteiger partial charge in [0.15, 0.2) is 5.75 Å². The van der Waals surface area contributed by atoms with Crippen molar-refractivity contribution in [2.24, 2.45) is 0 Å². The minimum atomic E-state index is -0.388. The predicted octanol–water partition coefficient (Wildman–Crippen LogP) is 4.77. The predicted molar refractivity (Wildman–Crippen MR) is 102 cm³/mol. The van der Waals surface area contributed by atoms with Crippen molar-refractivity contribution in [1.82, 2.24) is 10.3 Å². The topological polar surface area (TPSA) is 62.2 Å². The van der Waals surface area contributed by atoms with Gasteiger partial charge in [-0.1, -0.05) is 29.8 Å². The van der Waals surface area contributed by atoms with Crippen molar-refractivity contribution < 1.29 is 9.90 Å². The standard InChI is InChI=1S/C19H17ClN2O2S/c1-11-8-9-14-16(20)10-15(18(23)17(14)21-11)19(24)22-12(2)25-13-6-4-3-5-7-13/h3-10,12,23H,1-2H3,(H,22,24). The quantitative estimate of drug-likeness (QED) is 0.511. The van der Waals surface area contributed by atoms with Gasteiger partial charge >= 0.3 is 0 Å². The average molecular weight is 373 g/mol. The van der Waals surface area contributed by atoms with E-state index in [1.807, 2.05) is 50.2 Å². The zero-order valence-corrected chi connectivity index (χ0v) is 15.4. The molecule has 1 unspecified atom stereocenters. The van der Waals surface area contributed by atoms with E-state index in [0.29, 0.717) is 15.9 Å². The van der Waals surface area contributed by atoms with Gasteiger partial charge < -0.3 is 10.4 Å². The van der Waals surface area contributed by atoms with Crippen LogP contribution >= 0.6 is 23.4 Å². The monoisotopic (exact) mass is 372 g/mol. The van der Waals surface area contributed by atoms with Crippen LogP contribution in [0.4, 0.5) is 0 Å². The number of phenolic OH excluding ortho intramolecular Hbond substituents is 1. The molecule has 0 aliphatic rings.